The monoisotopic (exact) mass is 396 g/mol. The van der Waals surface area contributed by atoms with E-state index in [4.69, 9.17) is 9.84 Å². The molecule has 3 rings (SSSR count). The Balaban J connectivity index is 1.70. The van der Waals surface area contributed by atoms with Crippen molar-refractivity contribution >= 4 is 40.6 Å². The zero-order valence-corrected chi connectivity index (χ0v) is 16.3. The minimum absolute atomic E-state index is 0.201. The van der Waals surface area contributed by atoms with E-state index in [1.54, 1.807) is 37.3 Å². The lowest BCUT2D eigenvalue weighted by Gasteiger charge is -2.13. The molecule has 0 aliphatic carbocycles. The van der Waals surface area contributed by atoms with Crippen LogP contribution in [0.4, 0.5) is 5.69 Å². The summed E-state index contributed by atoms with van der Waals surface area (Å²) in [5.41, 5.74) is 2.73. The first-order valence-corrected chi connectivity index (χ1v) is 9.62. The molecule has 7 heteroatoms. The molecule has 0 spiro atoms. The fraction of sp³-hybridized carbons (Fsp3) is 0.190. The van der Waals surface area contributed by atoms with E-state index in [-0.39, 0.29) is 5.91 Å². The number of hydrogen-bond acceptors (Lipinski definition) is 5. The van der Waals surface area contributed by atoms with Gasteiger partial charge in [-0.15, -0.1) is 0 Å². The summed E-state index contributed by atoms with van der Waals surface area (Å²) < 4.78 is 5.44. The van der Waals surface area contributed by atoms with Crippen LogP contribution >= 0.6 is 11.8 Å². The normalized spacial score (nSPS) is 17.6. The fourth-order valence-electron chi connectivity index (χ4n) is 2.48. The maximum atomic E-state index is 12.2. The second-order valence-electron chi connectivity index (χ2n) is 6.24. The molecule has 1 amide bonds. The highest BCUT2D eigenvalue weighted by molar-refractivity contribution is 8.18. The summed E-state index contributed by atoms with van der Waals surface area (Å²) in [6.45, 7) is 3.76. The van der Waals surface area contributed by atoms with Gasteiger partial charge in [0, 0.05) is 0 Å². The van der Waals surface area contributed by atoms with Crippen molar-refractivity contribution in [3.63, 3.8) is 0 Å². The molecule has 1 saturated heterocycles. The topological polar surface area (TPSA) is 88.0 Å². The highest BCUT2D eigenvalue weighted by Gasteiger charge is 2.23. The predicted molar refractivity (Wildman–Crippen MR) is 111 cm³/mol. The number of carboxylic acid groups (broad SMARTS) is 1. The summed E-state index contributed by atoms with van der Waals surface area (Å²) >= 11 is 1.28. The highest BCUT2D eigenvalue weighted by atomic mass is 32.2. The minimum Gasteiger partial charge on any atom is -0.479 e. The Kier molecular flexibility index (Phi) is 6.16. The van der Waals surface area contributed by atoms with Gasteiger partial charge in [-0.3, -0.25) is 4.79 Å². The van der Waals surface area contributed by atoms with Gasteiger partial charge in [0.05, 0.1) is 10.6 Å². The molecule has 144 valence electrons. The van der Waals surface area contributed by atoms with Crippen molar-refractivity contribution in [2.45, 2.75) is 26.4 Å². The molecule has 0 bridgehead atoms. The van der Waals surface area contributed by atoms with Gasteiger partial charge in [0.15, 0.2) is 11.3 Å². The molecule has 2 aromatic rings. The van der Waals surface area contributed by atoms with Crippen LogP contribution in [0.3, 0.4) is 0 Å². The molecule has 0 aromatic heterocycles. The molecule has 1 aliphatic heterocycles. The molecular weight excluding hydrogens is 376 g/mol. The third-order valence-electron chi connectivity index (χ3n) is 4.02. The summed E-state index contributed by atoms with van der Waals surface area (Å²) in [5.74, 6) is -0.720. The van der Waals surface area contributed by atoms with E-state index >= 15 is 0 Å². The number of benzene rings is 2. The Morgan fingerprint density at radius 3 is 2.50 bits per heavy atom. The van der Waals surface area contributed by atoms with Crippen LogP contribution in [0.1, 0.15) is 24.5 Å². The average molecular weight is 396 g/mol. The summed E-state index contributed by atoms with van der Waals surface area (Å²) in [6, 6.07) is 14.7. The van der Waals surface area contributed by atoms with Crippen LogP contribution in [0, 0.1) is 6.92 Å². The number of amidine groups is 1. The number of hydrogen-bond donors (Lipinski definition) is 2. The quantitative estimate of drug-likeness (QED) is 0.717. The number of thioether (sulfide) groups is 1. The fourth-order valence-corrected chi connectivity index (χ4v) is 3.33. The summed E-state index contributed by atoms with van der Waals surface area (Å²) in [7, 11) is 0. The Hall–Kier alpha value is -3.06. The third-order valence-corrected chi connectivity index (χ3v) is 4.93. The van der Waals surface area contributed by atoms with Crippen molar-refractivity contribution in [2.75, 3.05) is 0 Å². The van der Waals surface area contributed by atoms with E-state index in [0.717, 1.165) is 16.8 Å². The SMILES string of the molecule is CCC(Oc1ccc(/C=C2/SC(=Nc3ccc(C)cc3)NC2=O)cc1)C(=O)O. The second kappa shape index (κ2) is 8.75. The first-order valence-electron chi connectivity index (χ1n) is 8.80. The van der Waals surface area contributed by atoms with Gasteiger partial charge < -0.3 is 15.2 Å². The lowest BCUT2D eigenvalue weighted by molar-refractivity contribution is -0.145. The lowest BCUT2D eigenvalue weighted by atomic mass is 10.2. The molecule has 1 aliphatic rings. The number of carbonyl (C=O) groups excluding carboxylic acids is 1. The number of nitrogens with one attached hydrogen (secondary N) is 1. The number of nitrogens with zero attached hydrogens (tertiary/aromatic N) is 1. The van der Waals surface area contributed by atoms with Crippen molar-refractivity contribution in [1.29, 1.82) is 0 Å². The van der Waals surface area contributed by atoms with Gasteiger partial charge in [0.25, 0.3) is 5.91 Å². The summed E-state index contributed by atoms with van der Waals surface area (Å²) in [6.07, 6.45) is 1.26. The molecule has 2 N–H and O–H groups in total. The van der Waals surface area contributed by atoms with Crippen LogP contribution < -0.4 is 10.1 Å². The first-order chi connectivity index (χ1) is 13.4. The van der Waals surface area contributed by atoms with Crippen LogP contribution in [-0.4, -0.2) is 28.3 Å². The molecular formula is C21H20N2O4S. The number of aliphatic imine (C=N–C) groups is 1. The number of carboxylic acids is 1. The molecule has 1 unspecified atom stereocenters. The van der Waals surface area contributed by atoms with Gasteiger partial charge in [-0.1, -0.05) is 36.8 Å². The zero-order valence-electron chi connectivity index (χ0n) is 15.5. The van der Waals surface area contributed by atoms with E-state index in [2.05, 4.69) is 10.3 Å². The van der Waals surface area contributed by atoms with E-state index in [0.29, 0.717) is 22.2 Å². The molecule has 1 fully saturated rings. The minimum atomic E-state index is -0.992. The Morgan fingerprint density at radius 1 is 1.21 bits per heavy atom. The van der Waals surface area contributed by atoms with Crippen molar-refractivity contribution in [3.05, 3.63) is 64.6 Å². The second-order valence-corrected chi connectivity index (χ2v) is 7.27. The van der Waals surface area contributed by atoms with Gasteiger partial charge in [-0.25, -0.2) is 9.79 Å². The van der Waals surface area contributed by atoms with Gasteiger partial charge >= 0.3 is 5.97 Å². The van der Waals surface area contributed by atoms with Crippen molar-refractivity contribution in [3.8, 4) is 5.75 Å². The number of amides is 1. The Labute approximate surface area is 167 Å². The number of aliphatic carboxylic acids is 1. The smallest absolute Gasteiger partial charge is 0.344 e. The summed E-state index contributed by atoms with van der Waals surface area (Å²) in [4.78, 5) is 28.2. The predicted octanol–water partition coefficient (Wildman–Crippen LogP) is 4.13. The molecule has 0 saturated carbocycles. The van der Waals surface area contributed by atoms with Crippen LogP contribution in [-0.2, 0) is 9.59 Å². The lowest BCUT2D eigenvalue weighted by Crippen LogP contribution is -2.25. The maximum Gasteiger partial charge on any atom is 0.344 e. The van der Waals surface area contributed by atoms with Crippen LogP contribution in [0.25, 0.3) is 6.08 Å². The van der Waals surface area contributed by atoms with E-state index in [1.807, 2.05) is 31.2 Å². The molecule has 1 atom stereocenters. The third kappa shape index (κ3) is 5.01. The number of carbonyl (C=O) groups is 2. The van der Waals surface area contributed by atoms with Crippen molar-refractivity contribution < 1.29 is 19.4 Å². The van der Waals surface area contributed by atoms with Crippen molar-refractivity contribution in [2.24, 2.45) is 4.99 Å². The van der Waals surface area contributed by atoms with Gasteiger partial charge in [-0.2, -0.15) is 0 Å². The summed E-state index contributed by atoms with van der Waals surface area (Å²) in [5, 5.41) is 12.4. The van der Waals surface area contributed by atoms with Gasteiger partial charge in [-0.05, 0) is 61.0 Å². The number of ether oxygens (including phenoxy) is 1. The highest BCUT2D eigenvalue weighted by Crippen LogP contribution is 2.28. The van der Waals surface area contributed by atoms with Crippen molar-refractivity contribution in [1.82, 2.24) is 5.32 Å². The molecule has 1 heterocycles. The standard InChI is InChI=1S/C21H20N2O4S/c1-3-17(20(25)26)27-16-10-6-14(7-11-16)12-18-19(24)23-21(28-18)22-15-8-4-13(2)5-9-15/h4-12,17H,3H2,1-2H3,(H,25,26)(H,22,23,24)/b18-12+. The van der Waals surface area contributed by atoms with E-state index in [1.165, 1.54) is 11.8 Å². The van der Waals surface area contributed by atoms with Crippen LogP contribution in [0.2, 0.25) is 0 Å². The Bertz CT molecular complexity index is 934. The van der Waals surface area contributed by atoms with Gasteiger partial charge in [0.2, 0.25) is 0 Å². The average Bonchev–Trinajstić information content (AvgIpc) is 3.01. The van der Waals surface area contributed by atoms with Crippen LogP contribution in [0.5, 0.6) is 5.75 Å². The molecule has 2 aromatic carbocycles. The number of rotatable bonds is 6. The Morgan fingerprint density at radius 2 is 1.89 bits per heavy atom. The van der Waals surface area contributed by atoms with E-state index in [9.17, 15) is 9.59 Å². The van der Waals surface area contributed by atoms with E-state index < -0.39 is 12.1 Å². The molecule has 6 nitrogen and oxygen atoms in total. The largest absolute Gasteiger partial charge is 0.479 e. The maximum absolute atomic E-state index is 12.2. The molecule has 0 radical (unpaired) electrons. The zero-order chi connectivity index (χ0) is 20.1. The number of aryl methyl sites for hydroxylation is 1. The van der Waals surface area contributed by atoms with Gasteiger partial charge in [0.1, 0.15) is 5.75 Å². The molecule has 28 heavy (non-hydrogen) atoms. The van der Waals surface area contributed by atoms with Crippen LogP contribution in [0.15, 0.2) is 58.4 Å². The first kappa shape index (κ1) is 19.7.